The van der Waals surface area contributed by atoms with Gasteiger partial charge in [-0.05, 0) is 24.3 Å². The Bertz CT molecular complexity index is 1220. The minimum atomic E-state index is -0.315. The number of methoxy groups -OCH3 is 1. The molecule has 4 rings (SSSR count). The largest absolute Gasteiger partial charge is 0.497 e. The van der Waals surface area contributed by atoms with Crippen LogP contribution in [0.25, 0.3) is 22.3 Å². The van der Waals surface area contributed by atoms with E-state index < -0.39 is 0 Å². The Morgan fingerprint density at radius 2 is 1.71 bits per heavy atom. The van der Waals surface area contributed by atoms with Crippen LogP contribution in [0, 0.1) is 0 Å². The van der Waals surface area contributed by atoms with Gasteiger partial charge in [-0.3, -0.25) is 4.79 Å². The van der Waals surface area contributed by atoms with E-state index in [2.05, 4.69) is 0 Å². The molecule has 0 atom stereocenters. The smallest absolute Gasteiger partial charge is 0.235 e. The number of anilines is 2. The summed E-state index contributed by atoms with van der Waals surface area (Å²) in [6.07, 6.45) is 0. The molecule has 0 amide bonds. The molecule has 140 valence electrons. The van der Waals surface area contributed by atoms with Crippen molar-refractivity contribution in [3.63, 3.8) is 0 Å². The Morgan fingerprint density at radius 3 is 2.46 bits per heavy atom. The molecule has 0 radical (unpaired) electrons. The van der Waals surface area contributed by atoms with Crippen LogP contribution in [0.1, 0.15) is 0 Å². The fourth-order valence-corrected chi connectivity index (χ4v) is 2.90. The Labute approximate surface area is 160 Å². The van der Waals surface area contributed by atoms with E-state index >= 15 is 0 Å². The minimum Gasteiger partial charge on any atom is -0.497 e. The van der Waals surface area contributed by atoms with Gasteiger partial charge in [0.2, 0.25) is 11.2 Å². The Balaban J connectivity index is 1.98. The number of benzene rings is 3. The van der Waals surface area contributed by atoms with Crippen molar-refractivity contribution in [1.29, 1.82) is 0 Å². The van der Waals surface area contributed by atoms with Crippen molar-refractivity contribution in [3.8, 4) is 28.6 Å². The van der Waals surface area contributed by atoms with Gasteiger partial charge in [-0.2, -0.15) is 0 Å². The lowest BCUT2D eigenvalue weighted by Gasteiger charge is -2.13. The van der Waals surface area contributed by atoms with Gasteiger partial charge < -0.3 is 25.4 Å². The molecule has 1 aromatic heterocycles. The fourth-order valence-electron chi connectivity index (χ4n) is 2.90. The molecule has 6 nitrogen and oxygen atoms in total. The van der Waals surface area contributed by atoms with Crippen LogP contribution in [0.2, 0.25) is 0 Å². The number of hydrogen-bond acceptors (Lipinski definition) is 6. The van der Waals surface area contributed by atoms with Gasteiger partial charge in [0.1, 0.15) is 11.3 Å². The van der Waals surface area contributed by atoms with Gasteiger partial charge >= 0.3 is 0 Å². The molecule has 0 unspecified atom stereocenters. The molecule has 0 saturated heterocycles. The summed E-state index contributed by atoms with van der Waals surface area (Å²) in [6, 6.07) is 19.1. The summed E-state index contributed by atoms with van der Waals surface area (Å²) < 4.78 is 17.2. The molecule has 3 aromatic carbocycles. The maximum absolute atomic E-state index is 13.2. The molecule has 0 bridgehead atoms. The highest BCUT2D eigenvalue weighted by molar-refractivity contribution is 5.83. The second-order valence-electron chi connectivity index (χ2n) is 6.22. The Hall–Kier alpha value is -3.93. The first-order valence-electron chi connectivity index (χ1n) is 8.60. The van der Waals surface area contributed by atoms with E-state index in [4.69, 9.17) is 25.4 Å². The highest BCUT2D eigenvalue weighted by atomic mass is 16.5. The van der Waals surface area contributed by atoms with Gasteiger partial charge in [-0.15, -0.1) is 0 Å². The summed E-state index contributed by atoms with van der Waals surface area (Å²) in [6.45, 7) is 0. The van der Waals surface area contributed by atoms with E-state index in [0.717, 1.165) is 0 Å². The highest BCUT2D eigenvalue weighted by Gasteiger charge is 2.19. The summed E-state index contributed by atoms with van der Waals surface area (Å²) >= 11 is 0. The summed E-state index contributed by atoms with van der Waals surface area (Å²) in [7, 11) is 1.55. The lowest BCUT2D eigenvalue weighted by molar-refractivity contribution is 0.414. The molecule has 0 fully saturated rings. The van der Waals surface area contributed by atoms with E-state index in [1.807, 2.05) is 30.3 Å². The molecule has 28 heavy (non-hydrogen) atoms. The van der Waals surface area contributed by atoms with Crippen molar-refractivity contribution in [1.82, 2.24) is 0 Å². The predicted octanol–water partition coefficient (Wildman–Crippen LogP) is 4.43. The van der Waals surface area contributed by atoms with Gasteiger partial charge in [-0.1, -0.05) is 30.3 Å². The van der Waals surface area contributed by atoms with Crippen LogP contribution < -0.4 is 26.4 Å². The zero-order valence-electron chi connectivity index (χ0n) is 15.1. The molecule has 0 aliphatic heterocycles. The number of nitrogen functional groups attached to an aromatic ring is 2. The van der Waals surface area contributed by atoms with Gasteiger partial charge in [0.05, 0.1) is 18.2 Å². The third-order valence-corrected chi connectivity index (χ3v) is 4.34. The number of hydrogen-bond donors (Lipinski definition) is 2. The van der Waals surface area contributed by atoms with Crippen molar-refractivity contribution in [2.24, 2.45) is 0 Å². The van der Waals surface area contributed by atoms with Crippen molar-refractivity contribution >= 4 is 22.3 Å². The quantitative estimate of drug-likeness (QED) is 0.513. The van der Waals surface area contributed by atoms with Crippen LogP contribution in [-0.2, 0) is 0 Å². The summed E-state index contributed by atoms with van der Waals surface area (Å²) in [4.78, 5) is 13.2. The molecule has 0 aliphatic carbocycles. The topological polar surface area (TPSA) is 101 Å². The molecular formula is C22H18N2O4. The standard InChI is InChI=1S/C22H18N2O4/c1-26-15-8-9-16-18(12-15)27-21(13-5-3-2-4-6-13)22(20(16)25)28-19-11-14(23)7-10-17(19)24/h2-12H,23-24H2,1H3. The van der Waals surface area contributed by atoms with Crippen molar-refractivity contribution in [2.75, 3.05) is 18.6 Å². The van der Waals surface area contributed by atoms with Crippen LogP contribution in [0.5, 0.6) is 17.2 Å². The normalized spacial score (nSPS) is 10.8. The molecule has 4 N–H and O–H groups in total. The third-order valence-electron chi connectivity index (χ3n) is 4.34. The first-order valence-corrected chi connectivity index (χ1v) is 8.60. The minimum absolute atomic E-state index is 0.0427. The second kappa shape index (κ2) is 7.00. The highest BCUT2D eigenvalue weighted by Crippen LogP contribution is 2.36. The lowest BCUT2D eigenvalue weighted by atomic mass is 10.1. The van der Waals surface area contributed by atoms with Crippen molar-refractivity contribution in [3.05, 3.63) is 77.0 Å². The van der Waals surface area contributed by atoms with Gasteiger partial charge in [-0.25, -0.2) is 0 Å². The number of nitrogens with two attached hydrogens (primary N) is 2. The molecule has 6 heteroatoms. The van der Waals surface area contributed by atoms with Crippen LogP contribution >= 0.6 is 0 Å². The van der Waals surface area contributed by atoms with Gasteiger partial charge in [0.25, 0.3) is 0 Å². The van der Waals surface area contributed by atoms with Crippen LogP contribution in [-0.4, -0.2) is 7.11 Å². The maximum atomic E-state index is 13.2. The fraction of sp³-hybridized carbons (Fsp3) is 0.0455. The Kier molecular flexibility index (Phi) is 4.37. The van der Waals surface area contributed by atoms with E-state index in [9.17, 15) is 4.79 Å². The van der Waals surface area contributed by atoms with E-state index in [-0.39, 0.29) is 16.9 Å². The molecule has 0 spiro atoms. The number of rotatable bonds is 4. The van der Waals surface area contributed by atoms with Crippen LogP contribution in [0.3, 0.4) is 0 Å². The molecule has 0 saturated carbocycles. The van der Waals surface area contributed by atoms with Crippen molar-refractivity contribution in [2.45, 2.75) is 0 Å². The molecule has 1 heterocycles. The zero-order chi connectivity index (χ0) is 19.7. The van der Waals surface area contributed by atoms with E-state index in [1.54, 1.807) is 43.5 Å². The van der Waals surface area contributed by atoms with Gasteiger partial charge in [0.15, 0.2) is 11.5 Å². The summed E-state index contributed by atoms with van der Waals surface area (Å²) in [5.41, 5.74) is 13.5. The molecule has 4 aromatic rings. The second-order valence-corrected chi connectivity index (χ2v) is 6.22. The average Bonchev–Trinajstić information content (AvgIpc) is 2.72. The van der Waals surface area contributed by atoms with Gasteiger partial charge in [0, 0.05) is 23.4 Å². The SMILES string of the molecule is COc1ccc2c(=O)c(Oc3cc(N)ccc3N)c(-c3ccccc3)oc2c1. The number of ether oxygens (including phenoxy) is 2. The molecular weight excluding hydrogens is 356 g/mol. The number of fused-ring (bicyclic) bond motifs is 1. The third kappa shape index (κ3) is 3.12. The Morgan fingerprint density at radius 1 is 0.929 bits per heavy atom. The lowest BCUT2D eigenvalue weighted by Crippen LogP contribution is -2.08. The first-order chi connectivity index (χ1) is 13.6. The van der Waals surface area contributed by atoms with Crippen molar-refractivity contribution < 1.29 is 13.9 Å². The maximum Gasteiger partial charge on any atom is 0.235 e. The summed E-state index contributed by atoms with van der Waals surface area (Å²) in [5, 5.41) is 0.373. The average molecular weight is 374 g/mol. The van der Waals surface area contributed by atoms with Crippen LogP contribution in [0.4, 0.5) is 11.4 Å². The zero-order valence-corrected chi connectivity index (χ0v) is 15.1. The summed E-state index contributed by atoms with van der Waals surface area (Å²) in [5.74, 6) is 1.22. The first kappa shape index (κ1) is 17.5. The van der Waals surface area contributed by atoms with Crippen LogP contribution in [0.15, 0.2) is 75.9 Å². The predicted molar refractivity (Wildman–Crippen MR) is 110 cm³/mol. The monoisotopic (exact) mass is 374 g/mol. The van der Waals surface area contributed by atoms with E-state index in [1.165, 1.54) is 0 Å². The van der Waals surface area contributed by atoms with E-state index in [0.29, 0.717) is 39.4 Å². The molecule has 0 aliphatic rings.